The number of aryl methyl sites for hydroxylation is 1. The highest BCUT2D eigenvalue weighted by Gasteiger charge is 1.94. The molecule has 0 saturated carbocycles. The van der Waals surface area contributed by atoms with E-state index in [1.165, 1.54) is 18.4 Å². The molecule has 0 aromatic heterocycles. The van der Waals surface area contributed by atoms with Gasteiger partial charge in [0.05, 0.1) is 6.61 Å². The zero-order chi connectivity index (χ0) is 16.3. The lowest BCUT2D eigenvalue weighted by molar-refractivity contribution is 0.340. The summed E-state index contributed by atoms with van der Waals surface area (Å²) in [5.41, 5.74) is 3.43. The average Bonchev–Trinajstić information content (AvgIpc) is 2.59. The summed E-state index contributed by atoms with van der Waals surface area (Å²) in [6.45, 7) is 6.42. The summed E-state index contributed by atoms with van der Waals surface area (Å²) in [5.74, 6) is 7.29. The van der Waals surface area contributed by atoms with Crippen LogP contribution < -0.4 is 4.74 Å². The van der Waals surface area contributed by atoms with Gasteiger partial charge in [-0.2, -0.15) is 0 Å². The molecule has 0 unspecified atom stereocenters. The van der Waals surface area contributed by atoms with Crippen molar-refractivity contribution in [2.45, 2.75) is 32.6 Å². The highest BCUT2D eigenvalue weighted by molar-refractivity contribution is 5.44. The average molecular weight is 304 g/mol. The third kappa shape index (κ3) is 6.04. The van der Waals surface area contributed by atoms with E-state index >= 15 is 0 Å². The number of allylic oxidation sites excluding steroid dienone is 1. The molecule has 118 valence electrons. The Morgan fingerprint density at radius 1 is 0.913 bits per heavy atom. The van der Waals surface area contributed by atoms with E-state index in [0.717, 1.165) is 29.7 Å². The van der Waals surface area contributed by atoms with Crippen molar-refractivity contribution >= 4 is 0 Å². The minimum absolute atomic E-state index is 0.685. The largest absolute Gasteiger partial charge is 0.494 e. The lowest BCUT2D eigenvalue weighted by Crippen LogP contribution is -1.90. The van der Waals surface area contributed by atoms with Gasteiger partial charge in [0.25, 0.3) is 0 Å². The lowest BCUT2D eigenvalue weighted by Gasteiger charge is -2.01. The maximum Gasteiger partial charge on any atom is 0.119 e. The van der Waals surface area contributed by atoms with Crippen LogP contribution in [-0.4, -0.2) is 6.61 Å². The van der Waals surface area contributed by atoms with Crippen LogP contribution in [0.3, 0.4) is 0 Å². The molecule has 2 aromatic rings. The van der Waals surface area contributed by atoms with Crippen LogP contribution in [0.2, 0.25) is 0 Å². The predicted octanol–water partition coefficient (Wildman–Crippen LogP) is 5.38. The van der Waals surface area contributed by atoms with Gasteiger partial charge in [-0.15, -0.1) is 6.58 Å². The van der Waals surface area contributed by atoms with Crippen LogP contribution in [0, 0.1) is 11.8 Å². The molecule has 1 nitrogen and oxygen atoms in total. The van der Waals surface area contributed by atoms with Gasteiger partial charge in [-0.1, -0.05) is 30.0 Å². The van der Waals surface area contributed by atoms with Crippen molar-refractivity contribution in [3.05, 3.63) is 77.9 Å². The molecule has 0 amide bonds. The van der Waals surface area contributed by atoms with E-state index in [1.54, 1.807) is 0 Å². The van der Waals surface area contributed by atoms with Crippen LogP contribution >= 0.6 is 0 Å². The number of rotatable bonds is 7. The van der Waals surface area contributed by atoms with E-state index in [4.69, 9.17) is 4.74 Å². The Morgan fingerprint density at radius 2 is 1.52 bits per heavy atom. The first-order valence-corrected chi connectivity index (χ1v) is 8.26. The molecular weight excluding hydrogens is 280 g/mol. The van der Waals surface area contributed by atoms with Crippen LogP contribution in [0.25, 0.3) is 0 Å². The van der Waals surface area contributed by atoms with Crippen molar-refractivity contribution in [3.8, 4) is 17.6 Å². The molecule has 0 heterocycles. The Bertz CT molecular complexity index is 654. The van der Waals surface area contributed by atoms with Crippen molar-refractivity contribution < 1.29 is 4.74 Å². The van der Waals surface area contributed by atoms with E-state index in [1.807, 2.05) is 37.3 Å². The smallest absolute Gasteiger partial charge is 0.119 e. The lowest BCUT2D eigenvalue weighted by atomic mass is 10.1. The second-order valence-electron chi connectivity index (χ2n) is 5.44. The maximum absolute atomic E-state index is 5.43. The third-order valence-corrected chi connectivity index (χ3v) is 3.59. The molecule has 2 rings (SSSR count). The third-order valence-electron chi connectivity index (χ3n) is 3.59. The minimum atomic E-state index is 0.685. The maximum atomic E-state index is 5.43. The Kier molecular flexibility index (Phi) is 7.01. The summed E-state index contributed by atoms with van der Waals surface area (Å²) in [5, 5.41) is 0. The van der Waals surface area contributed by atoms with Crippen molar-refractivity contribution in [2.24, 2.45) is 0 Å². The number of ether oxygens (including phenoxy) is 1. The van der Waals surface area contributed by atoms with E-state index in [0.29, 0.717) is 6.61 Å². The topological polar surface area (TPSA) is 9.23 Å². The fourth-order valence-electron chi connectivity index (χ4n) is 2.32. The Hall–Kier alpha value is -2.46. The second kappa shape index (κ2) is 9.54. The highest BCUT2D eigenvalue weighted by Crippen LogP contribution is 2.12. The molecule has 1 heteroatoms. The van der Waals surface area contributed by atoms with Gasteiger partial charge in [-0.3, -0.25) is 0 Å². The van der Waals surface area contributed by atoms with Crippen LogP contribution in [0.1, 0.15) is 42.9 Å². The molecule has 0 fully saturated rings. The van der Waals surface area contributed by atoms with Crippen molar-refractivity contribution in [3.63, 3.8) is 0 Å². The van der Waals surface area contributed by atoms with Gasteiger partial charge in [0.15, 0.2) is 0 Å². The Morgan fingerprint density at radius 3 is 2.09 bits per heavy atom. The Balaban J connectivity index is 1.91. The molecule has 0 atom stereocenters. The molecule has 2 aromatic carbocycles. The van der Waals surface area contributed by atoms with Crippen LogP contribution in [0.15, 0.2) is 61.2 Å². The van der Waals surface area contributed by atoms with Crippen LogP contribution in [0.5, 0.6) is 5.75 Å². The molecule has 0 spiro atoms. The summed E-state index contributed by atoms with van der Waals surface area (Å²) in [4.78, 5) is 0. The standard InChI is InChI=1S/C22H24O/c1-3-5-6-7-8-19-9-11-20(12-10-19)13-14-21-15-17-22(18-16-21)23-4-2/h3,9-12,15-18H,1,4-8H2,2H3. The summed E-state index contributed by atoms with van der Waals surface area (Å²) >= 11 is 0. The van der Waals surface area contributed by atoms with E-state index in [-0.39, 0.29) is 0 Å². The predicted molar refractivity (Wildman–Crippen MR) is 97.8 cm³/mol. The van der Waals surface area contributed by atoms with Crippen LogP contribution in [-0.2, 0) is 6.42 Å². The van der Waals surface area contributed by atoms with E-state index < -0.39 is 0 Å². The number of hydrogen-bond acceptors (Lipinski definition) is 1. The van der Waals surface area contributed by atoms with Gasteiger partial charge < -0.3 is 4.74 Å². The molecule has 0 aliphatic heterocycles. The highest BCUT2D eigenvalue weighted by atomic mass is 16.5. The molecule has 0 bridgehead atoms. The summed E-state index contributed by atoms with van der Waals surface area (Å²) in [7, 11) is 0. The fraction of sp³-hybridized carbons (Fsp3) is 0.273. The first-order chi connectivity index (χ1) is 11.3. The molecule has 0 saturated heterocycles. The monoisotopic (exact) mass is 304 g/mol. The zero-order valence-corrected chi connectivity index (χ0v) is 13.8. The molecule has 0 N–H and O–H groups in total. The van der Waals surface area contributed by atoms with Gasteiger partial charge in [0.1, 0.15) is 5.75 Å². The van der Waals surface area contributed by atoms with Gasteiger partial charge in [-0.25, -0.2) is 0 Å². The summed E-state index contributed by atoms with van der Waals surface area (Å²) in [6, 6.07) is 16.5. The van der Waals surface area contributed by atoms with E-state index in [2.05, 4.69) is 42.7 Å². The molecule has 0 aliphatic carbocycles. The molecule has 23 heavy (non-hydrogen) atoms. The SMILES string of the molecule is C=CCCCCc1ccc(C#Cc2ccc(OCC)cc2)cc1. The van der Waals surface area contributed by atoms with E-state index in [9.17, 15) is 0 Å². The zero-order valence-electron chi connectivity index (χ0n) is 13.8. The Labute approximate surface area is 140 Å². The van der Waals surface area contributed by atoms with Gasteiger partial charge in [0, 0.05) is 11.1 Å². The minimum Gasteiger partial charge on any atom is -0.494 e. The fourth-order valence-corrected chi connectivity index (χ4v) is 2.32. The normalized spacial score (nSPS) is 9.78. The van der Waals surface area contributed by atoms with Crippen LogP contribution in [0.4, 0.5) is 0 Å². The van der Waals surface area contributed by atoms with Crippen molar-refractivity contribution in [1.29, 1.82) is 0 Å². The summed E-state index contributed by atoms with van der Waals surface area (Å²) < 4.78 is 5.43. The first-order valence-electron chi connectivity index (χ1n) is 8.26. The summed E-state index contributed by atoms with van der Waals surface area (Å²) in [6.07, 6.45) is 6.64. The van der Waals surface area contributed by atoms with Crippen molar-refractivity contribution in [1.82, 2.24) is 0 Å². The molecule has 0 aliphatic rings. The first kappa shape index (κ1) is 16.9. The van der Waals surface area contributed by atoms with Gasteiger partial charge in [0.2, 0.25) is 0 Å². The number of benzene rings is 2. The number of hydrogen-bond donors (Lipinski definition) is 0. The second-order valence-corrected chi connectivity index (χ2v) is 5.44. The molecule has 0 radical (unpaired) electrons. The van der Waals surface area contributed by atoms with Crippen molar-refractivity contribution in [2.75, 3.05) is 6.61 Å². The quantitative estimate of drug-likeness (QED) is 0.379. The van der Waals surface area contributed by atoms with Gasteiger partial charge in [-0.05, 0) is 74.6 Å². The molecular formula is C22H24O. The number of unbranched alkanes of at least 4 members (excludes halogenated alkanes) is 2. The van der Waals surface area contributed by atoms with Gasteiger partial charge >= 0.3 is 0 Å².